The van der Waals surface area contributed by atoms with Crippen LogP contribution in [0.5, 0.6) is 0 Å². The lowest BCUT2D eigenvalue weighted by Crippen LogP contribution is -2.49. The molecule has 2 aliphatic rings. The summed E-state index contributed by atoms with van der Waals surface area (Å²) in [7, 11) is 0. The molecule has 2 heterocycles. The first kappa shape index (κ1) is 16.3. The van der Waals surface area contributed by atoms with E-state index in [-0.39, 0.29) is 11.3 Å². The molecule has 1 amide bonds. The van der Waals surface area contributed by atoms with E-state index in [1.165, 1.54) is 16.7 Å². The summed E-state index contributed by atoms with van der Waals surface area (Å²) in [4.78, 5) is 15.3. The molecule has 2 aliphatic heterocycles. The van der Waals surface area contributed by atoms with Gasteiger partial charge in [-0.15, -0.1) is 0 Å². The summed E-state index contributed by atoms with van der Waals surface area (Å²) in [6, 6.07) is 19.2. The Morgan fingerprint density at radius 3 is 2.36 bits per heavy atom. The second-order valence-corrected chi connectivity index (χ2v) is 7.49. The Kier molecular flexibility index (Phi) is 4.58. The number of carbonyl (C=O) groups is 1. The van der Waals surface area contributed by atoms with Crippen molar-refractivity contribution in [2.24, 2.45) is 5.41 Å². The minimum Gasteiger partial charge on any atom is -0.352 e. The van der Waals surface area contributed by atoms with Gasteiger partial charge >= 0.3 is 0 Å². The molecule has 1 saturated heterocycles. The second-order valence-electron chi connectivity index (χ2n) is 7.49. The van der Waals surface area contributed by atoms with Crippen LogP contribution in [0, 0.1) is 5.41 Å². The van der Waals surface area contributed by atoms with Crippen LogP contribution in [0.3, 0.4) is 0 Å². The number of likely N-dealkylation sites (tertiary alicyclic amines) is 1. The third kappa shape index (κ3) is 3.47. The molecule has 0 aliphatic carbocycles. The van der Waals surface area contributed by atoms with Gasteiger partial charge in [0.2, 0.25) is 5.91 Å². The molecule has 0 unspecified atom stereocenters. The molecular weight excluding hydrogens is 308 g/mol. The molecule has 25 heavy (non-hydrogen) atoms. The van der Waals surface area contributed by atoms with Crippen LogP contribution in [0.2, 0.25) is 0 Å². The number of fused-ring (bicyclic) bond motifs is 1. The number of amides is 1. The summed E-state index contributed by atoms with van der Waals surface area (Å²) in [6.45, 7) is 3.79. The van der Waals surface area contributed by atoms with Crippen LogP contribution >= 0.6 is 0 Å². The summed E-state index contributed by atoms with van der Waals surface area (Å²) in [5.74, 6) is 0.256. The fraction of sp³-hybridized carbons (Fsp3) is 0.409. The maximum absolute atomic E-state index is 12.8. The lowest BCUT2D eigenvalue weighted by molar-refractivity contribution is -0.133. The number of hydrogen-bond acceptors (Lipinski definition) is 2. The molecule has 1 fully saturated rings. The van der Waals surface area contributed by atoms with Gasteiger partial charge in [-0.05, 0) is 55.5 Å². The number of nitrogens with zero attached hydrogens (tertiary/aromatic N) is 1. The molecule has 0 saturated carbocycles. The van der Waals surface area contributed by atoms with Crippen LogP contribution in [-0.2, 0) is 24.2 Å². The lowest BCUT2D eigenvalue weighted by Gasteiger charge is -2.40. The van der Waals surface area contributed by atoms with Crippen LogP contribution < -0.4 is 5.32 Å². The number of piperidine rings is 1. The highest BCUT2D eigenvalue weighted by molar-refractivity contribution is 5.83. The summed E-state index contributed by atoms with van der Waals surface area (Å²) in [5, 5.41) is 3.18. The first-order valence-electron chi connectivity index (χ1n) is 9.37. The topological polar surface area (TPSA) is 32.3 Å². The van der Waals surface area contributed by atoms with Gasteiger partial charge < -0.3 is 10.2 Å². The second kappa shape index (κ2) is 7.01. The van der Waals surface area contributed by atoms with Crippen LogP contribution in [-0.4, -0.2) is 30.4 Å². The highest BCUT2D eigenvalue weighted by Gasteiger charge is 2.42. The van der Waals surface area contributed by atoms with Crippen molar-refractivity contribution in [1.82, 2.24) is 10.2 Å². The minimum absolute atomic E-state index is 0.212. The Hall–Kier alpha value is -2.13. The van der Waals surface area contributed by atoms with E-state index in [9.17, 15) is 4.79 Å². The number of hydrogen-bond donors (Lipinski definition) is 1. The molecule has 3 nitrogen and oxygen atoms in total. The third-order valence-corrected chi connectivity index (χ3v) is 5.94. The van der Waals surface area contributed by atoms with Crippen LogP contribution in [0.4, 0.5) is 0 Å². The van der Waals surface area contributed by atoms with E-state index in [2.05, 4.69) is 64.8 Å². The number of nitrogens with one attached hydrogen (secondary N) is 1. The Morgan fingerprint density at radius 2 is 1.60 bits per heavy atom. The van der Waals surface area contributed by atoms with E-state index in [0.29, 0.717) is 6.54 Å². The van der Waals surface area contributed by atoms with E-state index in [1.807, 2.05) is 0 Å². The van der Waals surface area contributed by atoms with Crippen molar-refractivity contribution in [1.29, 1.82) is 0 Å². The first-order chi connectivity index (χ1) is 12.3. The molecule has 0 atom stereocenters. The summed E-state index contributed by atoms with van der Waals surface area (Å²) in [5.41, 5.74) is 3.80. The predicted octanol–water partition coefficient (Wildman–Crippen LogP) is 3.18. The van der Waals surface area contributed by atoms with Gasteiger partial charge in [-0.1, -0.05) is 54.6 Å². The van der Waals surface area contributed by atoms with Crippen LogP contribution in [0.1, 0.15) is 29.5 Å². The molecule has 130 valence electrons. The first-order valence-corrected chi connectivity index (χ1v) is 9.37. The molecule has 1 spiro atoms. The highest BCUT2D eigenvalue weighted by Crippen LogP contribution is 2.38. The normalized spacial score (nSPS) is 19.9. The number of carbonyl (C=O) groups excluding carboxylic acids is 1. The zero-order valence-corrected chi connectivity index (χ0v) is 14.7. The van der Waals surface area contributed by atoms with Crippen molar-refractivity contribution >= 4 is 5.91 Å². The molecular formula is C22H26N2O. The van der Waals surface area contributed by atoms with Gasteiger partial charge in [-0.25, -0.2) is 0 Å². The van der Waals surface area contributed by atoms with Gasteiger partial charge in [-0.3, -0.25) is 4.79 Å². The molecule has 2 aromatic rings. The largest absolute Gasteiger partial charge is 0.352 e. The lowest BCUT2D eigenvalue weighted by atomic mass is 9.73. The van der Waals surface area contributed by atoms with Crippen LogP contribution in [0.15, 0.2) is 54.6 Å². The van der Waals surface area contributed by atoms with Gasteiger partial charge in [-0.2, -0.15) is 0 Å². The average Bonchev–Trinajstić information content (AvgIpc) is 2.80. The zero-order chi connectivity index (χ0) is 17.1. The Labute approximate surface area is 150 Å². The van der Waals surface area contributed by atoms with E-state index in [1.54, 1.807) is 0 Å². The monoisotopic (exact) mass is 334 g/mol. The van der Waals surface area contributed by atoms with E-state index >= 15 is 0 Å². The minimum atomic E-state index is -0.212. The van der Waals surface area contributed by atoms with E-state index < -0.39 is 0 Å². The Morgan fingerprint density at radius 1 is 0.920 bits per heavy atom. The summed E-state index contributed by atoms with van der Waals surface area (Å²) >= 11 is 0. The van der Waals surface area contributed by atoms with Gasteiger partial charge in [0.15, 0.2) is 0 Å². The summed E-state index contributed by atoms with van der Waals surface area (Å²) < 4.78 is 0. The number of rotatable bonds is 3. The molecule has 2 aromatic carbocycles. The van der Waals surface area contributed by atoms with Gasteiger partial charge in [0.05, 0.1) is 5.41 Å². The SMILES string of the molecule is O=C1NCc2ccccc2CC12CCN(CCc1ccccc1)CC2. The smallest absolute Gasteiger partial charge is 0.226 e. The van der Waals surface area contributed by atoms with Crippen molar-refractivity contribution in [3.63, 3.8) is 0 Å². The average molecular weight is 334 g/mol. The van der Waals surface area contributed by atoms with Crippen molar-refractivity contribution in [3.05, 3.63) is 71.3 Å². The van der Waals surface area contributed by atoms with E-state index in [4.69, 9.17) is 0 Å². The molecule has 4 rings (SSSR count). The van der Waals surface area contributed by atoms with Crippen molar-refractivity contribution in [2.75, 3.05) is 19.6 Å². The maximum atomic E-state index is 12.8. The Bertz CT molecular complexity index is 733. The zero-order valence-electron chi connectivity index (χ0n) is 14.7. The maximum Gasteiger partial charge on any atom is 0.226 e. The van der Waals surface area contributed by atoms with Gasteiger partial charge in [0, 0.05) is 13.1 Å². The van der Waals surface area contributed by atoms with E-state index in [0.717, 1.165) is 45.3 Å². The van der Waals surface area contributed by atoms with Gasteiger partial charge in [0.1, 0.15) is 0 Å². The molecule has 0 bridgehead atoms. The predicted molar refractivity (Wildman–Crippen MR) is 100 cm³/mol. The fourth-order valence-corrected chi connectivity index (χ4v) is 4.25. The Balaban J connectivity index is 1.40. The quantitative estimate of drug-likeness (QED) is 0.935. The third-order valence-electron chi connectivity index (χ3n) is 5.94. The number of benzene rings is 2. The van der Waals surface area contributed by atoms with Crippen molar-refractivity contribution < 1.29 is 4.79 Å². The molecule has 1 N–H and O–H groups in total. The molecule has 0 radical (unpaired) electrons. The molecule has 0 aromatic heterocycles. The fourth-order valence-electron chi connectivity index (χ4n) is 4.25. The molecule has 3 heteroatoms. The summed E-state index contributed by atoms with van der Waals surface area (Å²) in [6.07, 6.45) is 3.90. The van der Waals surface area contributed by atoms with Crippen molar-refractivity contribution in [3.8, 4) is 0 Å². The standard InChI is InChI=1S/C22H26N2O/c25-21-22(16-19-8-4-5-9-20(19)17-23-21)11-14-24(15-12-22)13-10-18-6-2-1-3-7-18/h1-9H,10-17H2,(H,23,25). The highest BCUT2D eigenvalue weighted by atomic mass is 16.2. The van der Waals surface area contributed by atoms with Gasteiger partial charge in [0.25, 0.3) is 0 Å². The van der Waals surface area contributed by atoms with Crippen molar-refractivity contribution in [2.45, 2.75) is 32.2 Å². The van der Waals surface area contributed by atoms with Crippen LogP contribution in [0.25, 0.3) is 0 Å².